The van der Waals surface area contributed by atoms with Crippen molar-refractivity contribution in [1.29, 1.82) is 5.26 Å². The van der Waals surface area contributed by atoms with Crippen molar-refractivity contribution >= 4 is 10.9 Å². The lowest BCUT2D eigenvalue weighted by molar-refractivity contribution is 0.265. The third-order valence-electron chi connectivity index (χ3n) is 3.05. The van der Waals surface area contributed by atoms with Crippen molar-refractivity contribution in [2.75, 3.05) is 6.61 Å². The molecule has 0 aliphatic carbocycles. The smallest absolute Gasteiger partial charge is 0.0640 e. The molecule has 1 aromatic carbocycles. The van der Waals surface area contributed by atoms with Gasteiger partial charge in [0.15, 0.2) is 0 Å². The number of aryl methyl sites for hydroxylation is 1. The molecule has 4 heteroatoms. The normalized spacial score (nSPS) is 12.5. The van der Waals surface area contributed by atoms with Crippen molar-refractivity contribution < 1.29 is 5.11 Å². The van der Waals surface area contributed by atoms with E-state index >= 15 is 0 Å². The molecule has 0 aliphatic heterocycles. The summed E-state index contributed by atoms with van der Waals surface area (Å²) in [5.41, 5.74) is 8.04. The summed E-state index contributed by atoms with van der Waals surface area (Å²) >= 11 is 0. The monoisotopic (exact) mass is 243 g/mol. The number of para-hydroxylation sites is 1. The minimum Gasteiger partial charge on any atom is -0.395 e. The number of hydrogen-bond donors (Lipinski definition) is 2. The van der Waals surface area contributed by atoms with Crippen LogP contribution in [-0.2, 0) is 13.0 Å². The molecule has 3 N–H and O–H groups in total. The quantitative estimate of drug-likeness (QED) is 0.834. The largest absolute Gasteiger partial charge is 0.395 e. The molecule has 0 bridgehead atoms. The molecule has 0 spiro atoms. The predicted molar refractivity (Wildman–Crippen MR) is 70.9 cm³/mol. The minimum atomic E-state index is -0.236. The molecular formula is C14H17N3O. The van der Waals surface area contributed by atoms with Crippen LogP contribution in [0.25, 0.3) is 10.9 Å². The molecule has 2 aromatic rings. The number of aliphatic hydroxyl groups is 1. The Morgan fingerprint density at radius 3 is 2.89 bits per heavy atom. The van der Waals surface area contributed by atoms with Gasteiger partial charge in [-0.15, -0.1) is 0 Å². The van der Waals surface area contributed by atoms with Crippen molar-refractivity contribution in [1.82, 2.24) is 4.57 Å². The van der Waals surface area contributed by atoms with Crippen LogP contribution in [0.3, 0.4) is 0 Å². The molecule has 2 rings (SSSR count). The van der Waals surface area contributed by atoms with E-state index in [1.807, 2.05) is 24.4 Å². The Morgan fingerprint density at radius 2 is 2.17 bits per heavy atom. The molecule has 4 nitrogen and oxygen atoms in total. The fourth-order valence-electron chi connectivity index (χ4n) is 2.19. The number of nitrogens with two attached hydrogens (primary N) is 1. The maximum Gasteiger partial charge on any atom is 0.0640 e. The highest BCUT2D eigenvalue weighted by atomic mass is 16.3. The number of fused-ring (bicyclic) bond motifs is 1. The van der Waals surface area contributed by atoms with Crippen LogP contribution in [0.4, 0.5) is 0 Å². The molecule has 0 amide bonds. The fourth-order valence-corrected chi connectivity index (χ4v) is 2.19. The zero-order valence-electron chi connectivity index (χ0n) is 10.2. The summed E-state index contributed by atoms with van der Waals surface area (Å²) in [5.74, 6) is 0. The molecule has 0 saturated carbocycles. The van der Waals surface area contributed by atoms with E-state index < -0.39 is 0 Å². The molecule has 0 unspecified atom stereocenters. The van der Waals surface area contributed by atoms with Gasteiger partial charge in [-0.3, -0.25) is 0 Å². The second-order valence-electron chi connectivity index (χ2n) is 4.42. The number of rotatable bonds is 5. The summed E-state index contributed by atoms with van der Waals surface area (Å²) in [4.78, 5) is 0. The van der Waals surface area contributed by atoms with Gasteiger partial charge in [-0.1, -0.05) is 18.2 Å². The van der Waals surface area contributed by atoms with Gasteiger partial charge in [0.2, 0.25) is 0 Å². The van der Waals surface area contributed by atoms with Crippen LogP contribution in [0.15, 0.2) is 30.5 Å². The van der Waals surface area contributed by atoms with Crippen molar-refractivity contribution in [3.8, 4) is 6.07 Å². The standard InChI is InChI=1S/C14H17N3O/c15-6-3-7-17-9-11(8-12(16)10-18)13-4-1-2-5-14(13)17/h1-2,4-5,9,12,18H,3,7-8,10,16H2/t12-/m0/s1. The Kier molecular flexibility index (Phi) is 3.98. The highest BCUT2D eigenvalue weighted by Gasteiger charge is 2.10. The van der Waals surface area contributed by atoms with Crippen LogP contribution in [0.1, 0.15) is 12.0 Å². The molecule has 0 aliphatic rings. The highest BCUT2D eigenvalue weighted by Crippen LogP contribution is 2.22. The minimum absolute atomic E-state index is 0.0162. The summed E-state index contributed by atoms with van der Waals surface area (Å²) in [6.45, 7) is 0.670. The SMILES string of the molecule is N#CCCn1cc(C[C@H](N)CO)c2ccccc21. The molecule has 18 heavy (non-hydrogen) atoms. The number of nitrogens with zero attached hydrogens (tertiary/aromatic N) is 2. The Bertz CT molecular complexity index is 568. The van der Waals surface area contributed by atoms with Crippen molar-refractivity contribution in [2.45, 2.75) is 25.4 Å². The molecule has 0 fully saturated rings. The number of hydrogen-bond acceptors (Lipinski definition) is 3. The van der Waals surface area contributed by atoms with Crippen molar-refractivity contribution in [3.63, 3.8) is 0 Å². The first-order valence-electron chi connectivity index (χ1n) is 6.06. The summed E-state index contributed by atoms with van der Waals surface area (Å²) < 4.78 is 2.08. The van der Waals surface area contributed by atoms with Crippen LogP contribution < -0.4 is 5.73 Å². The lowest BCUT2D eigenvalue weighted by atomic mass is 10.1. The highest BCUT2D eigenvalue weighted by molar-refractivity contribution is 5.84. The average Bonchev–Trinajstić information content (AvgIpc) is 2.75. The van der Waals surface area contributed by atoms with Gasteiger partial charge < -0.3 is 15.4 Å². The number of nitriles is 1. The van der Waals surface area contributed by atoms with Gasteiger partial charge in [-0.05, 0) is 18.1 Å². The number of aliphatic hydroxyl groups excluding tert-OH is 1. The topological polar surface area (TPSA) is 75.0 Å². The van der Waals surface area contributed by atoms with Gasteiger partial charge in [0.05, 0.1) is 19.1 Å². The summed E-state index contributed by atoms with van der Waals surface area (Å²) in [7, 11) is 0. The fraction of sp³-hybridized carbons (Fsp3) is 0.357. The van der Waals surface area contributed by atoms with Crippen LogP contribution in [0.2, 0.25) is 0 Å². The first-order chi connectivity index (χ1) is 8.76. The molecular weight excluding hydrogens is 226 g/mol. The van der Waals surface area contributed by atoms with E-state index in [0.29, 0.717) is 19.4 Å². The van der Waals surface area contributed by atoms with Gasteiger partial charge in [0.25, 0.3) is 0 Å². The molecule has 0 saturated heterocycles. The summed E-state index contributed by atoms with van der Waals surface area (Å²) in [6.07, 6.45) is 3.18. The Labute approximate surface area is 106 Å². The van der Waals surface area contributed by atoms with E-state index in [0.717, 1.165) is 16.5 Å². The van der Waals surface area contributed by atoms with Gasteiger partial charge in [-0.25, -0.2) is 0 Å². The van der Waals surface area contributed by atoms with Crippen LogP contribution in [-0.4, -0.2) is 22.3 Å². The lowest BCUT2D eigenvalue weighted by Crippen LogP contribution is -2.26. The maximum atomic E-state index is 9.04. The number of benzene rings is 1. The summed E-state index contributed by atoms with van der Waals surface area (Å²) in [6, 6.07) is 9.99. The Morgan fingerprint density at radius 1 is 1.39 bits per heavy atom. The predicted octanol–water partition coefficient (Wildman–Crippen LogP) is 1.42. The maximum absolute atomic E-state index is 9.04. The molecule has 94 valence electrons. The van der Waals surface area contributed by atoms with E-state index in [1.165, 1.54) is 0 Å². The van der Waals surface area contributed by atoms with Gasteiger partial charge in [-0.2, -0.15) is 5.26 Å². The first-order valence-corrected chi connectivity index (χ1v) is 6.06. The van der Waals surface area contributed by atoms with Crippen molar-refractivity contribution in [3.05, 3.63) is 36.0 Å². The third-order valence-corrected chi connectivity index (χ3v) is 3.05. The van der Waals surface area contributed by atoms with E-state index in [4.69, 9.17) is 16.1 Å². The zero-order chi connectivity index (χ0) is 13.0. The summed E-state index contributed by atoms with van der Waals surface area (Å²) in [5, 5.41) is 18.9. The van der Waals surface area contributed by atoms with Crippen LogP contribution in [0, 0.1) is 11.3 Å². The molecule has 1 aromatic heterocycles. The molecule has 0 radical (unpaired) electrons. The Hall–Kier alpha value is -1.83. The van der Waals surface area contributed by atoms with Gasteiger partial charge in [0.1, 0.15) is 0 Å². The zero-order valence-corrected chi connectivity index (χ0v) is 10.2. The molecule has 1 heterocycles. The second kappa shape index (κ2) is 5.67. The first kappa shape index (κ1) is 12.6. The van der Waals surface area contributed by atoms with Crippen LogP contribution in [0.5, 0.6) is 0 Å². The van der Waals surface area contributed by atoms with E-state index in [2.05, 4.69) is 16.7 Å². The average molecular weight is 243 g/mol. The van der Waals surface area contributed by atoms with Crippen LogP contribution >= 0.6 is 0 Å². The molecule has 1 atom stereocenters. The van der Waals surface area contributed by atoms with E-state index in [1.54, 1.807) is 0 Å². The van der Waals surface area contributed by atoms with E-state index in [9.17, 15) is 0 Å². The van der Waals surface area contributed by atoms with Gasteiger partial charge >= 0.3 is 0 Å². The Balaban J connectivity index is 2.38. The van der Waals surface area contributed by atoms with E-state index in [-0.39, 0.29) is 12.6 Å². The third kappa shape index (κ3) is 2.53. The second-order valence-corrected chi connectivity index (χ2v) is 4.42. The van der Waals surface area contributed by atoms with Crippen molar-refractivity contribution in [2.24, 2.45) is 5.73 Å². The lowest BCUT2D eigenvalue weighted by Gasteiger charge is -2.06. The number of aromatic nitrogens is 1. The van der Waals surface area contributed by atoms with Gasteiger partial charge in [0, 0.05) is 29.7 Å².